The van der Waals surface area contributed by atoms with Gasteiger partial charge in [-0.25, -0.2) is 4.79 Å². The number of carbonyl (C=O) groups excluding carboxylic acids is 2. The number of benzene rings is 2. The van der Waals surface area contributed by atoms with Crippen molar-refractivity contribution in [2.75, 3.05) is 29.9 Å². The molecule has 2 aromatic carbocycles. The smallest absolute Gasteiger partial charge is 0.319 e. The topological polar surface area (TPSA) is 73.5 Å². The number of anilines is 2. The van der Waals surface area contributed by atoms with Gasteiger partial charge in [-0.05, 0) is 49.9 Å². The number of rotatable bonds is 8. The number of nitrogens with one attached hydrogen (secondary N) is 3. The summed E-state index contributed by atoms with van der Waals surface area (Å²) in [5, 5.41) is 8.80. The molecule has 6 heteroatoms. The standard InChI is InChI=1S/C24H32N4O2/c1-3-4-14-25-24(30)27-20-12-13-22(28-15-8-9-16-28)21(17-20)23(29)26-18(2)19-10-6-5-7-11-19/h5-7,10-13,17-18H,3-4,8-9,14-16H2,1-2H3,(H,26,29)(H2,25,27,30)/t18-/m0/s1. The summed E-state index contributed by atoms with van der Waals surface area (Å²) < 4.78 is 0. The van der Waals surface area contributed by atoms with Crippen LogP contribution in [0.4, 0.5) is 16.2 Å². The number of urea groups is 1. The van der Waals surface area contributed by atoms with E-state index in [0.717, 1.165) is 50.0 Å². The normalized spacial score (nSPS) is 14.3. The summed E-state index contributed by atoms with van der Waals surface area (Å²) in [5.41, 5.74) is 3.18. The van der Waals surface area contributed by atoms with Crippen molar-refractivity contribution in [3.63, 3.8) is 0 Å². The molecule has 6 nitrogen and oxygen atoms in total. The van der Waals surface area contributed by atoms with Gasteiger partial charge in [0.25, 0.3) is 5.91 Å². The lowest BCUT2D eigenvalue weighted by Crippen LogP contribution is -2.31. The molecule has 0 bridgehead atoms. The molecule has 1 aliphatic heterocycles. The first-order valence-electron chi connectivity index (χ1n) is 10.9. The van der Waals surface area contributed by atoms with Gasteiger partial charge in [0.05, 0.1) is 11.6 Å². The van der Waals surface area contributed by atoms with Gasteiger partial charge in [-0.2, -0.15) is 0 Å². The molecular formula is C24H32N4O2. The second kappa shape index (κ2) is 10.7. The van der Waals surface area contributed by atoms with Gasteiger partial charge in [-0.3, -0.25) is 4.79 Å². The molecule has 1 saturated heterocycles. The molecule has 1 heterocycles. The maximum Gasteiger partial charge on any atom is 0.319 e. The lowest BCUT2D eigenvalue weighted by atomic mass is 10.1. The average molecular weight is 409 g/mol. The summed E-state index contributed by atoms with van der Waals surface area (Å²) in [6.45, 7) is 6.58. The molecule has 3 N–H and O–H groups in total. The van der Waals surface area contributed by atoms with Crippen molar-refractivity contribution in [3.05, 3.63) is 59.7 Å². The Bertz CT molecular complexity index is 848. The summed E-state index contributed by atoms with van der Waals surface area (Å²) in [6.07, 6.45) is 4.21. The molecule has 0 aromatic heterocycles. The van der Waals surface area contributed by atoms with E-state index in [1.807, 2.05) is 49.4 Å². The Balaban J connectivity index is 1.78. The minimum atomic E-state index is -0.249. The fourth-order valence-corrected chi connectivity index (χ4v) is 3.68. The van der Waals surface area contributed by atoms with Crippen LogP contribution in [0.1, 0.15) is 61.5 Å². The van der Waals surface area contributed by atoms with Crippen LogP contribution in [0.15, 0.2) is 48.5 Å². The highest BCUT2D eigenvalue weighted by Crippen LogP contribution is 2.28. The zero-order valence-electron chi connectivity index (χ0n) is 17.9. The zero-order valence-corrected chi connectivity index (χ0v) is 17.9. The van der Waals surface area contributed by atoms with Crippen molar-refractivity contribution in [2.45, 2.75) is 45.6 Å². The Morgan fingerprint density at radius 1 is 1.07 bits per heavy atom. The van der Waals surface area contributed by atoms with Crippen LogP contribution in [0.25, 0.3) is 0 Å². The van der Waals surface area contributed by atoms with Crippen LogP contribution < -0.4 is 20.9 Å². The Kier molecular flexibility index (Phi) is 7.71. The first kappa shape index (κ1) is 21.7. The van der Waals surface area contributed by atoms with Crippen molar-refractivity contribution < 1.29 is 9.59 Å². The minimum absolute atomic E-state index is 0.112. The Morgan fingerprint density at radius 3 is 2.50 bits per heavy atom. The van der Waals surface area contributed by atoms with Crippen LogP contribution in [0.5, 0.6) is 0 Å². The van der Waals surface area contributed by atoms with Crippen LogP contribution in [0, 0.1) is 0 Å². The summed E-state index contributed by atoms with van der Waals surface area (Å²) >= 11 is 0. The Hall–Kier alpha value is -3.02. The Morgan fingerprint density at radius 2 is 1.80 bits per heavy atom. The lowest BCUT2D eigenvalue weighted by molar-refractivity contribution is 0.0940. The van der Waals surface area contributed by atoms with Gasteiger partial charge < -0.3 is 20.9 Å². The SMILES string of the molecule is CCCCNC(=O)Nc1ccc(N2CCCC2)c(C(=O)N[C@@H](C)c2ccccc2)c1. The van der Waals surface area contributed by atoms with Crippen molar-refractivity contribution in [1.29, 1.82) is 0 Å². The predicted octanol–water partition coefficient (Wildman–Crippen LogP) is 4.70. The highest BCUT2D eigenvalue weighted by atomic mass is 16.2. The number of amides is 3. The zero-order chi connectivity index (χ0) is 21.3. The highest BCUT2D eigenvalue weighted by molar-refractivity contribution is 6.02. The van der Waals surface area contributed by atoms with E-state index in [1.54, 1.807) is 6.07 Å². The number of hydrogen-bond acceptors (Lipinski definition) is 3. The van der Waals surface area contributed by atoms with E-state index >= 15 is 0 Å². The molecule has 1 atom stereocenters. The quantitative estimate of drug-likeness (QED) is 0.554. The van der Waals surface area contributed by atoms with E-state index in [1.165, 1.54) is 0 Å². The van der Waals surface area contributed by atoms with Crippen LogP contribution in [-0.2, 0) is 0 Å². The van der Waals surface area contributed by atoms with Crippen molar-refractivity contribution in [3.8, 4) is 0 Å². The number of carbonyl (C=O) groups is 2. The van der Waals surface area contributed by atoms with Crippen LogP contribution >= 0.6 is 0 Å². The monoisotopic (exact) mass is 408 g/mol. The molecule has 1 aliphatic rings. The first-order chi connectivity index (χ1) is 14.6. The maximum absolute atomic E-state index is 13.2. The van der Waals surface area contributed by atoms with E-state index in [-0.39, 0.29) is 18.0 Å². The minimum Gasteiger partial charge on any atom is -0.371 e. The molecule has 160 valence electrons. The fraction of sp³-hybridized carbons (Fsp3) is 0.417. The van der Waals surface area contributed by atoms with E-state index in [2.05, 4.69) is 27.8 Å². The summed E-state index contributed by atoms with van der Waals surface area (Å²) in [6, 6.07) is 15.1. The largest absolute Gasteiger partial charge is 0.371 e. The number of nitrogens with zero attached hydrogens (tertiary/aromatic N) is 1. The van der Waals surface area contributed by atoms with Gasteiger partial charge >= 0.3 is 6.03 Å². The molecular weight excluding hydrogens is 376 g/mol. The molecule has 3 rings (SSSR count). The molecule has 3 amide bonds. The van der Waals surface area contributed by atoms with Gasteiger partial charge in [0.2, 0.25) is 0 Å². The molecule has 2 aromatic rings. The van der Waals surface area contributed by atoms with Gasteiger partial charge in [-0.15, -0.1) is 0 Å². The second-order valence-corrected chi connectivity index (χ2v) is 7.77. The van der Waals surface area contributed by atoms with Crippen molar-refractivity contribution >= 4 is 23.3 Å². The Labute approximate surface area is 179 Å². The molecule has 0 unspecified atom stereocenters. The van der Waals surface area contributed by atoms with Gasteiger partial charge in [0.15, 0.2) is 0 Å². The predicted molar refractivity (Wildman–Crippen MR) is 122 cm³/mol. The van der Waals surface area contributed by atoms with Crippen LogP contribution in [-0.4, -0.2) is 31.6 Å². The average Bonchev–Trinajstić information content (AvgIpc) is 3.29. The molecule has 1 fully saturated rings. The molecule has 0 saturated carbocycles. The third-order valence-corrected chi connectivity index (χ3v) is 5.41. The first-order valence-corrected chi connectivity index (χ1v) is 10.9. The maximum atomic E-state index is 13.2. The summed E-state index contributed by atoms with van der Waals surface area (Å²) in [5.74, 6) is -0.136. The van der Waals surface area contributed by atoms with E-state index in [4.69, 9.17) is 0 Å². The van der Waals surface area contributed by atoms with Crippen LogP contribution in [0.3, 0.4) is 0 Å². The fourth-order valence-electron chi connectivity index (χ4n) is 3.68. The molecule has 0 radical (unpaired) electrons. The molecule has 0 spiro atoms. The van der Waals surface area contributed by atoms with E-state index in [0.29, 0.717) is 17.8 Å². The lowest BCUT2D eigenvalue weighted by Gasteiger charge is -2.23. The van der Waals surface area contributed by atoms with Gasteiger partial charge in [0.1, 0.15) is 0 Å². The van der Waals surface area contributed by atoms with Crippen molar-refractivity contribution in [2.24, 2.45) is 0 Å². The second-order valence-electron chi connectivity index (χ2n) is 7.77. The third kappa shape index (κ3) is 5.75. The summed E-state index contributed by atoms with van der Waals surface area (Å²) in [4.78, 5) is 27.6. The molecule has 30 heavy (non-hydrogen) atoms. The molecule has 0 aliphatic carbocycles. The van der Waals surface area contributed by atoms with Gasteiger partial charge in [-0.1, -0.05) is 43.7 Å². The number of hydrogen-bond donors (Lipinski definition) is 3. The number of unbranched alkanes of at least 4 members (excludes halogenated alkanes) is 1. The van der Waals surface area contributed by atoms with Crippen LogP contribution in [0.2, 0.25) is 0 Å². The third-order valence-electron chi connectivity index (χ3n) is 5.41. The highest BCUT2D eigenvalue weighted by Gasteiger charge is 2.21. The van der Waals surface area contributed by atoms with Gasteiger partial charge in [0, 0.05) is 31.0 Å². The van der Waals surface area contributed by atoms with E-state index < -0.39 is 0 Å². The van der Waals surface area contributed by atoms with E-state index in [9.17, 15) is 9.59 Å². The summed E-state index contributed by atoms with van der Waals surface area (Å²) in [7, 11) is 0. The van der Waals surface area contributed by atoms with Crippen molar-refractivity contribution in [1.82, 2.24) is 10.6 Å².